The number of hydrogen-bond acceptors (Lipinski definition) is 3. The predicted molar refractivity (Wildman–Crippen MR) is 104 cm³/mol. The van der Waals surface area contributed by atoms with E-state index in [1.165, 1.54) is 4.90 Å². The molecule has 2 aromatic carbocycles. The molecule has 3 atom stereocenters. The second-order valence-electron chi connectivity index (χ2n) is 6.45. The molecular formula is C20H24NO2S2. The van der Waals surface area contributed by atoms with E-state index in [4.69, 9.17) is 0 Å². The maximum Gasteiger partial charge on any atom is 0.243 e. The summed E-state index contributed by atoms with van der Waals surface area (Å²) in [5, 5.41) is 0.155. The fourth-order valence-electron chi connectivity index (χ4n) is 3.35. The molecule has 1 aliphatic heterocycles. The molecule has 5 heteroatoms. The van der Waals surface area contributed by atoms with E-state index in [2.05, 4.69) is 25.5 Å². The summed E-state index contributed by atoms with van der Waals surface area (Å²) in [6, 6.07) is 17.2. The molecule has 3 rings (SSSR count). The van der Waals surface area contributed by atoms with E-state index in [1.54, 1.807) is 28.2 Å². The molecule has 0 saturated carbocycles. The lowest BCUT2D eigenvalue weighted by Crippen LogP contribution is -2.41. The molecule has 1 heterocycles. The zero-order chi connectivity index (χ0) is 18.0. The first kappa shape index (κ1) is 18.5. The molecule has 1 fully saturated rings. The topological polar surface area (TPSA) is 37.4 Å². The van der Waals surface area contributed by atoms with Crippen molar-refractivity contribution in [3.8, 4) is 0 Å². The van der Waals surface area contributed by atoms with Gasteiger partial charge < -0.3 is 0 Å². The molecule has 0 amide bonds. The number of sulfonamides is 1. The van der Waals surface area contributed by atoms with Gasteiger partial charge in [0.05, 0.1) is 4.90 Å². The van der Waals surface area contributed by atoms with Crippen molar-refractivity contribution in [3.63, 3.8) is 0 Å². The van der Waals surface area contributed by atoms with Gasteiger partial charge in [-0.15, -0.1) is 11.8 Å². The van der Waals surface area contributed by atoms with Crippen LogP contribution < -0.4 is 0 Å². The Morgan fingerprint density at radius 2 is 1.68 bits per heavy atom. The van der Waals surface area contributed by atoms with E-state index < -0.39 is 10.0 Å². The zero-order valence-corrected chi connectivity index (χ0v) is 16.4. The van der Waals surface area contributed by atoms with Crippen LogP contribution >= 0.6 is 11.8 Å². The highest BCUT2D eigenvalue weighted by molar-refractivity contribution is 8.00. The van der Waals surface area contributed by atoms with E-state index in [0.29, 0.717) is 4.90 Å². The Hall–Kier alpha value is -1.30. The monoisotopic (exact) mass is 374 g/mol. The smallest absolute Gasteiger partial charge is 0.207 e. The van der Waals surface area contributed by atoms with Gasteiger partial charge in [-0.25, -0.2) is 8.42 Å². The minimum atomic E-state index is -3.50. The van der Waals surface area contributed by atoms with Crippen LogP contribution in [0.4, 0.5) is 0 Å². The Bertz CT molecular complexity index is 803. The first-order valence-electron chi connectivity index (χ1n) is 8.60. The van der Waals surface area contributed by atoms with Crippen LogP contribution in [0.5, 0.6) is 0 Å². The molecule has 0 aliphatic carbocycles. The van der Waals surface area contributed by atoms with Gasteiger partial charge in [0.25, 0.3) is 0 Å². The van der Waals surface area contributed by atoms with Crippen LogP contribution in [-0.4, -0.2) is 30.1 Å². The zero-order valence-electron chi connectivity index (χ0n) is 14.8. The summed E-state index contributed by atoms with van der Waals surface area (Å²) in [7, 11) is -3.50. The van der Waals surface area contributed by atoms with Crippen LogP contribution in [0, 0.1) is 13.3 Å². The van der Waals surface area contributed by atoms with Crippen molar-refractivity contribution in [2.24, 2.45) is 0 Å². The number of nitrogens with zero attached hydrogens (tertiary/aromatic N) is 1. The highest BCUT2D eigenvalue weighted by atomic mass is 32.2. The minimum Gasteiger partial charge on any atom is -0.207 e. The standard InChI is InChI=1S/C20H24NO2S2/c1-4-19-20(24-17-8-6-5-7-9-17)14-16(3)21(19)25(22,23)18-12-10-15(2)11-13-18/h5-14,16,19-20H,4H2,1-3H3/t16-,19+,20-/m1/s1. The Morgan fingerprint density at radius 3 is 2.28 bits per heavy atom. The average molecular weight is 375 g/mol. The summed E-state index contributed by atoms with van der Waals surface area (Å²) < 4.78 is 28.1. The summed E-state index contributed by atoms with van der Waals surface area (Å²) in [5.74, 6) is 0. The molecule has 3 nitrogen and oxygen atoms in total. The molecule has 1 aliphatic rings. The summed E-state index contributed by atoms with van der Waals surface area (Å²) in [6.07, 6.45) is 2.95. The average Bonchev–Trinajstić information content (AvgIpc) is 2.92. The fourth-order valence-corrected chi connectivity index (χ4v) is 6.71. The molecule has 0 unspecified atom stereocenters. The van der Waals surface area contributed by atoms with Crippen LogP contribution in [-0.2, 0) is 10.0 Å². The number of hydrogen-bond donors (Lipinski definition) is 0. The van der Waals surface area contributed by atoms with Crippen LogP contribution in [0.25, 0.3) is 0 Å². The van der Waals surface area contributed by atoms with Crippen molar-refractivity contribution in [2.75, 3.05) is 0 Å². The van der Waals surface area contributed by atoms with Gasteiger partial charge in [-0.2, -0.15) is 4.31 Å². The largest absolute Gasteiger partial charge is 0.243 e. The van der Waals surface area contributed by atoms with Crippen molar-refractivity contribution in [1.29, 1.82) is 0 Å². The first-order valence-corrected chi connectivity index (χ1v) is 10.9. The van der Waals surface area contributed by atoms with Crippen molar-refractivity contribution in [3.05, 3.63) is 66.6 Å². The second-order valence-corrected chi connectivity index (χ2v) is 9.55. The molecule has 2 aromatic rings. The number of aryl methyl sites for hydroxylation is 1. The predicted octanol–water partition coefficient (Wildman–Crippen LogP) is 4.53. The molecular weight excluding hydrogens is 350 g/mol. The van der Waals surface area contributed by atoms with Crippen LogP contribution in [0.1, 0.15) is 25.8 Å². The number of benzene rings is 2. The van der Waals surface area contributed by atoms with Crippen LogP contribution in [0.2, 0.25) is 0 Å². The van der Waals surface area contributed by atoms with Gasteiger partial charge in [0, 0.05) is 22.2 Å². The van der Waals surface area contributed by atoms with Crippen molar-refractivity contribution in [2.45, 2.75) is 54.3 Å². The summed E-state index contributed by atoms with van der Waals surface area (Å²) in [6.45, 7) is 6.00. The van der Waals surface area contributed by atoms with Gasteiger partial charge in [0.15, 0.2) is 0 Å². The molecule has 0 N–H and O–H groups in total. The third-order valence-electron chi connectivity index (χ3n) is 4.61. The fraction of sp³-hybridized carbons (Fsp3) is 0.350. The van der Waals surface area contributed by atoms with Gasteiger partial charge >= 0.3 is 0 Å². The Morgan fingerprint density at radius 1 is 1.04 bits per heavy atom. The van der Waals surface area contributed by atoms with E-state index in [9.17, 15) is 8.42 Å². The summed E-state index contributed by atoms with van der Waals surface area (Å²) in [5.41, 5.74) is 1.06. The Labute approximate surface area is 155 Å². The molecule has 1 saturated heterocycles. The molecule has 133 valence electrons. The Balaban J connectivity index is 1.89. The third kappa shape index (κ3) is 3.78. The first-order chi connectivity index (χ1) is 11.9. The quantitative estimate of drug-likeness (QED) is 0.771. The number of thioether (sulfide) groups is 1. The molecule has 0 bridgehead atoms. The summed E-state index contributed by atoms with van der Waals surface area (Å²) in [4.78, 5) is 1.55. The van der Waals surface area contributed by atoms with Crippen molar-refractivity contribution < 1.29 is 8.42 Å². The summed E-state index contributed by atoms with van der Waals surface area (Å²) >= 11 is 1.74. The van der Waals surface area contributed by atoms with E-state index in [0.717, 1.165) is 12.0 Å². The normalized spacial score (nSPS) is 24.5. The maximum absolute atomic E-state index is 13.2. The lowest BCUT2D eigenvalue weighted by atomic mass is 10.1. The lowest BCUT2D eigenvalue weighted by molar-refractivity contribution is 0.336. The van der Waals surface area contributed by atoms with E-state index >= 15 is 0 Å². The van der Waals surface area contributed by atoms with Crippen LogP contribution in [0.15, 0.2) is 64.4 Å². The van der Waals surface area contributed by atoms with Gasteiger partial charge in [0.2, 0.25) is 10.0 Å². The van der Waals surface area contributed by atoms with Crippen LogP contribution in [0.3, 0.4) is 0 Å². The number of rotatable bonds is 5. The Kier molecular flexibility index (Phi) is 5.56. The van der Waals surface area contributed by atoms with Gasteiger partial charge in [0.1, 0.15) is 0 Å². The molecule has 25 heavy (non-hydrogen) atoms. The lowest BCUT2D eigenvalue weighted by Gasteiger charge is -2.28. The maximum atomic E-state index is 13.2. The van der Waals surface area contributed by atoms with E-state index in [1.807, 2.05) is 44.2 Å². The van der Waals surface area contributed by atoms with Gasteiger partial charge in [-0.1, -0.05) is 42.8 Å². The molecule has 0 spiro atoms. The second kappa shape index (κ2) is 7.52. The molecule has 0 aromatic heterocycles. The van der Waals surface area contributed by atoms with Gasteiger partial charge in [-0.3, -0.25) is 0 Å². The third-order valence-corrected chi connectivity index (χ3v) is 7.92. The van der Waals surface area contributed by atoms with E-state index in [-0.39, 0.29) is 17.3 Å². The molecule has 1 radical (unpaired) electrons. The SMILES string of the molecule is CC[C@H]1[C@H](Sc2ccccc2)[CH][C@@H](C)N1S(=O)(=O)c1ccc(C)cc1. The van der Waals surface area contributed by atoms with Crippen molar-refractivity contribution in [1.82, 2.24) is 4.31 Å². The van der Waals surface area contributed by atoms with Crippen molar-refractivity contribution >= 4 is 21.8 Å². The van der Waals surface area contributed by atoms with Gasteiger partial charge in [-0.05, 0) is 51.0 Å². The highest BCUT2D eigenvalue weighted by Crippen LogP contribution is 2.40. The minimum absolute atomic E-state index is 0.0356. The highest BCUT2D eigenvalue weighted by Gasteiger charge is 2.45.